The lowest BCUT2D eigenvalue weighted by atomic mass is 10.4. The summed E-state index contributed by atoms with van der Waals surface area (Å²) in [4.78, 5) is 5.98. The van der Waals surface area contributed by atoms with Gasteiger partial charge in [-0.1, -0.05) is 0 Å². The maximum atomic E-state index is 8.70. The second kappa shape index (κ2) is 6.18. The lowest BCUT2D eigenvalue weighted by Crippen LogP contribution is -2.15. The van der Waals surface area contributed by atoms with E-state index in [-0.39, 0.29) is 0 Å². The summed E-state index contributed by atoms with van der Waals surface area (Å²) in [5.74, 6) is 0. The van der Waals surface area contributed by atoms with Gasteiger partial charge in [0.1, 0.15) is 10.9 Å². The quantitative estimate of drug-likeness (QED) is 0.793. The van der Waals surface area contributed by atoms with Crippen LogP contribution >= 0.6 is 11.3 Å². The molecule has 88 valence electrons. The van der Waals surface area contributed by atoms with Crippen molar-refractivity contribution in [2.24, 2.45) is 0 Å². The van der Waals surface area contributed by atoms with Gasteiger partial charge in [-0.25, -0.2) is 4.98 Å². The Morgan fingerprint density at radius 2 is 2.41 bits per heavy atom. The van der Waals surface area contributed by atoms with Gasteiger partial charge >= 0.3 is 0 Å². The van der Waals surface area contributed by atoms with Crippen molar-refractivity contribution >= 4 is 11.3 Å². The molecule has 0 saturated carbocycles. The fraction of sp³-hybridized carbons (Fsp3) is 0.333. The second-order valence-electron chi connectivity index (χ2n) is 3.71. The van der Waals surface area contributed by atoms with Gasteiger partial charge in [-0.15, -0.1) is 11.3 Å². The Balaban J connectivity index is 1.62. The van der Waals surface area contributed by atoms with Crippen LogP contribution in [0.4, 0.5) is 0 Å². The molecular weight excluding hydrogens is 232 g/mol. The molecule has 0 aromatic carbocycles. The molecule has 0 saturated heterocycles. The highest BCUT2D eigenvalue weighted by Crippen LogP contribution is 2.14. The summed E-state index contributed by atoms with van der Waals surface area (Å²) in [5, 5.41) is 12.1. The minimum Gasteiger partial charge on any atom is -0.337 e. The zero-order chi connectivity index (χ0) is 11.9. The molecule has 4 nitrogen and oxygen atoms in total. The van der Waals surface area contributed by atoms with Gasteiger partial charge in [0, 0.05) is 30.4 Å². The number of aryl methyl sites for hydroxylation is 1. The monoisotopic (exact) mass is 246 g/mol. The van der Waals surface area contributed by atoms with Crippen molar-refractivity contribution in [1.29, 1.82) is 5.26 Å². The van der Waals surface area contributed by atoms with Gasteiger partial charge in [-0.05, 0) is 25.1 Å². The highest BCUT2D eigenvalue weighted by atomic mass is 32.1. The van der Waals surface area contributed by atoms with E-state index in [1.165, 1.54) is 4.88 Å². The van der Waals surface area contributed by atoms with E-state index in [1.807, 2.05) is 24.7 Å². The van der Waals surface area contributed by atoms with Gasteiger partial charge < -0.3 is 9.88 Å². The van der Waals surface area contributed by atoms with Crippen LogP contribution in [0.1, 0.15) is 16.2 Å². The highest BCUT2D eigenvalue weighted by molar-refractivity contribution is 7.12. The average Bonchev–Trinajstić information content (AvgIpc) is 2.99. The van der Waals surface area contributed by atoms with Crippen molar-refractivity contribution in [2.45, 2.75) is 19.5 Å². The van der Waals surface area contributed by atoms with E-state index in [9.17, 15) is 0 Å². The minimum atomic E-state index is 0.778. The zero-order valence-corrected chi connectivity index (χ0v) is 10.3. The van der Waals surface area contributed by atoms with E-state index < -0.39 is 0 Å². The lowest BCUT2D eigenvalue weighted by Gasteiger charge is -2.03. The number of imidazole rings is 1. The minimum absolute atomic E-state index is 0.778. The number of rotatable bonds is 6. The van der Waals surface area contributed by atoms with Crippen LogP contribution in [0.25, 0.3) is 0 Å². The topological polar surface area (TPSA) is 53.6 Å². The fourth-order valence-corrected chi connectivity index (χ4v) is 2.32. The largest absolute Gasteiger partial charge is 0.337 e. The molecule has 0 spiro atoms. The van der Waals surface area contributed by atoms with Crippen LogP contribution < -0.4 is 5.32 Å². The van der Waals surface area contributed by atoms with Gasteiger partial charge in [0.2, 0.25) is 0 Å². The molecule has 2 heterocycles. The number of nitrogens with zero attached hydrogens (tertiary/aromatic N) is 3. The number of aromatic nitrogens is 2. The predicted octanol–water partition coefficient (Wildman–Crippen LogP) is 2.00. The van der Waals surface area contributed by atoms with Crippen LogP contribution in [0.5, 0.6) is 0 Å². The van der Waals surface area contributed by atoms with E-state index in [4.69, 9.17) is 5.26 Å². The third-order valence-electron chi connectivity index (χ3n) is 2.40. The van der Waals surface area contributed by atoms with Crippen molar-refractivity contribution in [3.63, 3.8) is 0 Å². The van der Waals surface area contributed by atoms with Gasteiger partial charge in [-0.3, -0.25) is 0 Å². The third-order valence-corrected chi connectivity index (χ3v) is 3.39. The summed E-state index contributed by atoms with van der Waals surface area (Å²) in [5.41, 5.74) is 0. The summed E-state index contributed by atoms with van der Waals surface area (Å²) in [6, 6.07) is 6.02. The van der Waals surface area contributed by atoms with Gasteiger partial charge in [0.15, 0.2) is 0 Å². The Bertz CT molecular complexity index is 481. The first-order valence-electron chi connectivity index (χ1n) is 5.54. The van der Waals surface area contributed by atoms with E-state index in [2.05, 4.69) is 20.9 Å². The number of hydrogen-bond donors (Lipinski definition) is 1. The van der Waals surface area contributed by atoms with Crippen LogP contribution in [0.2, 0.25) is 0 Å². The molecule has 0 fully saturated rings. The van der Waals surface area contributed by atoms with Crippen LogP contribution in [0, 0.1) is 11.3 Å². The average molecular weight is 246 g/mol. The number of hydrogen-bond acceptors (Lipinski definition) is 4. The number of thiophene rings is 1. The summed E-state index contributed by atoms with van der Waals surface area (Å²) < 4.78 is 2.07. The van der Waals surface area contributed by atoms with Gasteiger partial charge in [-0.2, -0.15) is 5.26 Å². The molecule has 5 heteroatoms. The van der Waals surface area contributed by atoms with Crippen molar-refractivity contribution in [3.8, 4) is 6.07 Å². The Labute approximate surface area is 105 Å². The molecule has 0 amide bonds. The normalized spacial score (nSPS) is 10.3. The molecule has 17 heavy (non-hydrogen) atoms. The Morgan fingerprint density at radius 1 is 1.47 bits per heavy atom. The number of nitriles is 1. The molecule has 0 radical (unpaired) electrons. The molecule has 0 atom stereocenters. The first-order chi connectivity index (χ1) is 8.38. The van der Waals surface area contributed by atoms with E-state index in [0.29, 0.717) is 0 Å². The zero-order valence-electron chi connectivity index (χ0n) is 9.47. The summed E-state index contributed by atoms with van der Waals surface area (Å²) in [6.45, 7) is 2.80. The summed E-state index contributed by atoms with van der Waals surface area (Å²) in [6.07, 6.45) is 6.67. The van der Waals surface area contributed by atoms with E-state index in [1.54, 1.807) is 17.5 Å². The maximum Gasteiger partial charge on any atom is 0.110 e. The summed E-state index contributed by atoms with van der Waals surface area (Å²) in [7, 11) is 0. The Morgan fingerprint density at radius 3 is 3.12 bits per heavy atom. The van der Waals surface area contributed by atoms with Crippen LogP contribution in [0.15, 0.2) is 30.9 Å². The molecule has 2 aromatic rings. The first kappa shape index (κ1) is 11.8. The molecule has 0 aliphatic carbocycles. The van der Waals surface area contributed by atoms with Gasteiger partial charge in [0.25, 0.3) is 0 Å². The fourth-order valence-electron chi connectivity index (χ4n) is 1.55. The second-order valence-corrected chi connectivity index (χ2v) is 4.88. The van der Waals surface area contributed by atoms with Crippen LogP contribution in [-0.2, 0) is 13.1 Å². The summed E-state index contributed by atoms with van der Waals surface area (Å²) >= 11 is 1.55. The Hall–Kier alpha value is -1.64. The molecule has 0 unspecified atom stereocenters. The Kier molecular flexibility index (Phi) is 4.30. The SMILES string of the molecule is N#Cc1ccc(CNCCCn2ccnc2)s1. The van der Waals surface area contributed by atoms with E-state index >= 15 is 0 Å². The van der Waals surface area contributed by atoms with Crippen LogP contribution in [0.3, 0.4) is 0 Å². The smallest absolute Gasteiger partial charge is 0.110 e. The van der Waals surface area contributed by atoms with Crippen molar-refractivity contribution in [2.75, 3.05) is 6.54 Å². The molecule has 0 bridgehead atoms. The van der Waals surface area contributed by atoms with Crippen molar-refractivity contribution in [3.05, 3.63) is 40.6 Å². The van der Waals surface area contributed by atoms with Crippen LogP contribution in [-0.4, -0.2) is 16.1 Å². The molecule has 1 N–H and O–H groups in total. The first-order valence-corrected chi connectivity index (χ1v) is 6.35. The van der Waals surface area contributed by atoms with E-state index in [0.717, 1.165) is 30.9 Å². The number of nitrogens with one attached hydrogen (secondary N) is 1. The van der Waals surface area contributed by atoms with Crippen molar-refractivity contribution in [1.82, 2.24) is 14.9 Å². The standard InChI is InChI=1S/C12H14N4S/c13-8-11-2-3-12(17-11)9-14-4-1-6-16-7-5-15-10-16/h2-3,5,7,10,14H,1,4,6,9H2. The molecule has 0 aliphatic heterocycles. The predicted molar refractivity (Wildman–Crippen MR) is 67.6 cm³/mol. The molecule has 2 rings (SSSR count). The maximum absolute atomic E-state index is 8.70. The van der Waals surface area contributed by atoms with Gasteiger partial charge in [0.05, 0.1) is 6.33 Å². The molecule has 2 aromatic heterocycles. The highest BCUT2D eigenvalue weighted by Gasteiger charge is 1.98. The molecular formula is C12H14N4S. The van der Waals surface area contributed by atoms with Crippen molar-refractivity contribution < 1.29 is 0 Å². The third kappa shape index (κ3) is 3.70. The molecule has 0 aliphatic rings. The lowest BCUT2D eigenvalue weighted by molar-refractivity contribution is 0.583.